The largest absolute Gasteiger partial charge is 0.308 e. The van der Waals surface area contributed by atoms with Gasteiger partial charge in [0.2, 0.25) is 0 Å². The van der Waals surface area contributed by atoms with Crippen LogP contribution in [0.15, 0.2) is 183 Å². The van der Waals surface area contributed by atoms with E-state index < -0.39 is 0 Å². The third-order valence-electron chi connectivity index (χ3n) is 10.3. The van der Waals surface area contributed by atoms with Crippen molar-refractivity contribution in [2.75, 3.05) is 4.90 Å². The van der Waals surface area contributed by atoms with Crippen LogP contribution in [0.2, 0.25) is 0 Å². The molecule has 0 fully saturated rings. The van der Waals surface area contributed by atoms with Gasteiger partial charge in [-0.05, 0) is 76.3 Å². The molecular formula is C48H30N4O2. The molecular weight excluding hydrogens is 665 g/mol. The molecule has 10 rings (SSSR count). The zero-order valence-corrected chi connectivity index (χ0v) is 28.9. The number of nitrogens with zero attached hydrogens (tertiary/aromatic N) is 4. The number of benzene rings is 6. The van der Waals surface area contributed by atoms with Gasteiger partial charge in [-0.3, -0.25) is 19.6 Å². The Morgan fingerprint density at radius 2 is 0.944 bits per heavy atom. The zero-order chi connectivity index (χ0) is 36.2. The monoisotopic (exact) mass is 694 g/mol. The first kappa shape index (κ1) is 31.3. The summed E-state index contributed by atoms with van der Waals surface area (Å²) in [4.78, 5) is 39.6. The smallest absolute Gasteiger partial charge is 0.268 e. The first-order valence-electron chi connectivity index (χ1n) is 17.8. The lowest BCUT2D eigenvalue weighted by molar-refractivity contribution is 0.0926. The average Bonchev–Trinajstić information content (AvgIpc) is 3.71. The normalized spacial score (nSPS) is 12.5. The summed E-state index contributed by atoms with van der Waals surface area (Å²) >= 11 is 0. The van der Waals surface area contributed by atoms with E-state index in [1.807, 2.05) is 109 Å². The second kappa shape index (κ2) is 12.7. The first-order chi connectivity index (χ1) is 26.6. The highest BCUT2D eigenvalue weighted by Gasteiger charge is 2.40. The first-order valence-corrected chi connectivity index (χ1v) is 17.8. The molecule has 254 valence electrons. The molecule has 4 heterocycles. The molecule has 0 aliphatic carbocycles. The summed E-state index contributed by atoms with van der Waals surface area (Å²) in [6, 6.07) is 52.2. The Labute approximate surface area is 311 Å². The Hall–Kier alpha value is -7.44. The molecule has 0 saturated carbocycles. The third kappa shape index (κ3) is 5.04. The Kier molecular flexibility index (Phi) is 7.34. The number of carbonyl (C=O) groups excluding carboxylic acids is 2. The van der Waals surface area contributed by atoms with Crippen LogP contribution in [0.5, 0.6) is 0 Å². The Bertz CT molecular complexity index is 2810. The van der Waals surface area contributed by atoms with Crippen molar-refractivity contribution in [3.63, 3.8) is 0 Å². The van der Waals surface area contributed by atoms with Crippen molar-refractivity contribution in [1.82, 2.24) is 14.5 Å². The molecule has 6 aromatic carbocycles. The molecule has 0 bridgehead atoms. The number of hydrogen-bond acceptors (Lipinski definition) is 4. The molecule has 1 aliphatic rings. The summed E-state index contributed by atoms with van der Waals surface area (Å²) in [5.41, 5.74) is 11.5. The SMILES string of the molecule is O=C1c2cccc(-n3c4cc(-c5cccnc5)ccc4c4ccc(-c5cccnc5)cc43)c2C(=O)N1c1ccc(-c2ccccc2)cc1-c1ccccc1. The van der Waals surface area contributed by atoms with Gasteiger partial charge in [0.1, 0.15) is 0 Å². The van der Waals surface area contributed by atoms with Gasteiger partial charge in [0.25, 0.3) is 11.8 Å². The lowest BCUT2D eigenvalue weighted by Crippen LogP contribution is -2.30. The molecule has 2 amide bonds. The average molecular weight is 695 g/mol. The molecule has 0 radical (unpaired) electrons. The minimum absolute atomic E-state index is 0.352. The summed E-state index contributed by atoms with van der Waals surface area (Å²) in [5.74, 6) is -0.716. The van der Waals surface area contributed by atoms with Crippen molar-refractivity contribution in [3.8, 4) is 50.2 Å². The third-order valence-corrected chi connectivity index (χ3v) is 10.3. The van der Waals surface area contributed by atoms with Crippen molar-refractivity contribution < 1.29 is 9.59 Å². The highest BCUT2D eigenvalue weighted by molar-refractivity contribution is 6.36. The zero-order valence-electron chi connectivity index (χ0n) is 28.9. The van der Waals surface area contributed by atoms with Gasteiger partial charge in [0.05, 0.1) is 33.5 Å². The van der Waals surface area contributed by atoms with Gasteiger partial charge in [0.15, 0.2) is 0 Å². The van der Waals surface area contributed by atoms with Crippen LogP contribution in [0.3, 0.4) is 0 Å². The van der Waals surface area contributed by atoms with Gasteiger partial charge in [-0.2, -0.15) is 0 Å². The van der Waals surface area contributed by atoms with E-state index in [0.717, 1.165) is 66.3 Å². The fourth-order valence-electron chi connectivity index (χ4n) is 7.77. The van der Waals surface area contributed by atoms with Crippen LogP contribution >= 0.6 is 0 Å². The molecule has 9 aromatic rings. The van der Waals surface area contributed by atoms with Crippen LogP contribution in [0.4, 0.5) is 5.69 Å². The maximum atomic E-state index is 15.0. The van der Waals surface area contributed by atoms with E-state index in [9.17, 15) is 9.59 Å². The molecule has 3 aromatic heterocycles. The summed E-state index contributed by atoms with van der Waals surface area (Å²) in [5, 5.41) is 2.06. The van der Waals surface area contributed by atoms with E-state index in [0.29, 0.717) is 22.5 Å². The fourth-order valence-corrected chi connectivity index (χ4v) is 7.77. The van der Waals surface area contributed by atoms with Gasteiger partial charge in [0, 0.05) is 52.3 Å². The van der Waals surface area contributed by atoms with E-state index in [1.54, 1.807) is 18.5 Å². The molecule has 0 spiro atoms. The highest BCUT2D eigenvalue weighted by Crippen LogP contribution is 2.43. The van der Waals surface area contributed by atoms with Gasteiger partial charge in [-0.15, -0.1) is 0 Å². The van der Waals surface area contributed by atoms with Crippen molar-refractivity contribution in [2.24, 2.45) is 0 Å². The summed E-state index contributed by atoms with van der Waals surface area (Å²) in [7, 11) is 0. The predicted octanol–water partition coefficient (Wildman–Crippen LogP) is 11.0. The maximum Gasteiger partial charge on any atom is 0.268 e. The van der Waals surface area contributed by atoms with E-state index in [-0.39, 0.29) is 11.8 Å². The Balaban J connectivity index is 1.19. The van der Waals surface area contributed by atoms with Crippen LogP contribution in [-0.4, -0.2) is 26.3 Å². The van der Waals surface area contributed by atoms with Crippen LogP contribution < -0.4 is 4.90 Å². The van der Waals surface area contributed by atoms with E-state index >= 15 is 0 Å². The number of anilines is 1. The van der Waals surface area contributed by atoms with Crippen LogP contribution in [0, 0.1) is 0 Å². The highest BCUT2D eigenvalue weighted by atomic mass is 16.2. The molecule has 6 heteroatoms. The number of hydrogen-bond donors (Lipinski definition) is 0. The topological polar surface area (TPSA) is 68.1 Å². The summed E-state index contributed by atoms with van der Waals surface area (Å²) in [6.45, 7) is 0. The Morgan fingerprint density at radius 1 is 0.389 bits per heavy atom. The lowest BCUT2D eigenvalue weighted by atomic mass is 9.97. The number of carbonyl (C=O) groups is 2. The molecule has 0 saturated heterocycles. The van der Waals surface area contributed by atoms with Crippen molar-refractivity contribution in [1.29, 1.82) is 0 Å². The van der Waals surface area contributed by atoms with Crippen molar-refractivity contribution in [2.45, 2.75) is 0 Å². The quantitative estimate of drug-likeness (QED) is 0.163. The number of rotatable bonds is 6. The second-order valence-electron chi connectivity index (χ2n) is 13.4. The van der Waals surface area contributed by atoms with Gasteiger partial charge in [-0.1, -0.05) is 109 Å². The Morgan fingerprint density at radius 3 is 1.54 bits per heavy atom. The summed E-state index contributed by atoms with van der Waals surface area (Å²) in [6.07, 6.45) is 7.23. The molecule has 0 unspecified atom stereocenters. The van der Waals surface area contributed by atoms with E-state index in [1.165, 1.54) is 4.90 Å². The summed E-state index contributed by atoms with van der Waals surface area (Å²) < 4.78 is 2.13. The molecule has 54 heavy (non-hydrogen) atoms. The second-order valence-corrected chi connectivity index (χ2v) is 13.4. The van der Waals surface area contributed by atoms with Crippen molar-refractivity contribution in [3.05, 3.63) is 194 Å². The van der Waals surface area contributed by atoms with Crippen LogP contribution in [0.25, 0.3) is 72.0 Å². The van der Waals surface area contributed by atoms with E-state index in [2.05, 4.69) is 69.1 Å². The van der Waals surface area contributed by atoms with Crippen LogP contribution in [-0.2, 0) is 0 Å². The lowest BCUT2D eigenvalue weighted by Gasteiger charge is -2.20. The van der Waals surface area contributed by atoms with Gasteiger partial charge in [-0.25, -0.2) is 4.90 Å². The van der Waals surface area contributed by atoms with Crippen LogP contribution in [0.1, 0.15) is 20.7 Å². The van der Waals surface area contributed by atoms with Crippen molar-refractivity contribution >= 4 is 39.3 Å². The fraction of sp³-hybridized carbons (Fsp3) is 0. The predicted molar refractivity (Wildman–Crippen MR) is 216 cm³/mol. The molecule has 1 aliphatic heterocycles. The van der Waals surface area contributed by atoms with Gasteiger partial charge < -0.3 is 4.57 Å². The number of aromatic nitrogens is 3. The number of amides is 2. The molecule has 0 N–H and O–H groups in total. The minimum atomic E-state index is -0.364. The standard InChI is InChI=1S/C48H30N4O2/c53-47-40-16-7-17-43(46(40)48(54)52(47)42-23-20-33(31-10-3-1-4-11-31)26-41(42)32-12-5-2-6-13-32)51-44-27-34(36-14-8-24-49-29-36)18-21-38(44)39-22-19-35(28-45(39)51)37-15-9-25-50-30-37/h1-30H. The molecule has 0 atom stereocenters. The minimum Gasteiger partial charge on any atom is -0.308 e. The maximum absolute atomic E-state index is 15.0. The number of fused-ring (bicyclic) bond motifs is 4. The number of pyridine rings is 2. The number of imide groups is 1. The molecule has 6 nitrogen and oxygen atoms in total. The van der Waals surface area contributed by atoms with E-state index in [4.69, 9.17) is 0 Å². The van der Waals surface area contributed by atoms with Gasteiger partial charge >= 0.3 is 0 Å².